The van der Waals surface area contributed by atoms with Crippen LogP contribution in [0.5, 0.6) is 0 Å². The van der Waals surface area contributed by atoms with E-state index in [1.807, 2.05) is 45.9 Å². The summed E-state index contributed by atoms with van der Waals surface area (Å²) in [6.07, 6.45) is 4.10. The molecule has 3 aromatic rings. The summed E-state index contributed by atoms with van der Waals surface area (Å²) in [6.45, 7) is 8.96. The second-order valence-corrected chi connectivity index (χ2v) is 8.94. The molecule has 1 aliphatic heterocycles. The molecule has 0 bridgehead atoms. The third-order valence-corrected chi connectivity index (χ3v) is 6.59. The topological polar surface area (TPSA) is 102 Å². The third-order valence-electron chi connectivity index (χ3n) is 6.59. The van der Waals surface area contributed by atoms with E-state index < -0.39 is 0 Å². The number of amides is 2. The Morgan fingerprint density at radius 1 is 1.24 bits per heavy atom. The van der Waals surface area contributed by atoms with Crippen LogP contribution in [-0.4, -0.2) is 62.1 Å². The highest BCUT2D eigenvalue weighted by molar-refractivity contribution is 5.95. The van der Waals surface area contributed by atoms with Crippen LogP contribution in [0.25, 0.3) is 5.78 Å². The maximum atomic E-state index is 13.3. The lowest BCUT2D eigenvalue weighted by Crippen LogP contribution is -2.42. The lowest BCUT2D eigenvalue weighted by Gasteiger charge is -2.25. The molecular formula is C25H32N6O3. The van der Waals surface area contributed by atoms with Crippen molar-refractivity contribution in [3.8, 4) is 0 Å². The molecule has 0 aliphatic carbocycles. The average Bonchev–Trinajstić information content (AvgIpc) is 3.48. The molecule has 1 N–H and O–H groups in total. The predicted molar refractivity (Wildman–Crippen MR) is 129 cm³/mol. The Morgan fingerprint density at radius 2 is 2.06 bits per heavy atom. The number of fused-ring (bicyclic) bond motifs is 1. The molecule has 0 spiro atoms. The highest BCUT2D eigenvalue weighted by Crippen LogP contribution is 2.20. The van der Waals surface area contributed by atoms with Gasteiger partial charge in [0, 0.05) is 36.6 Å². The highest BCUT2D eigenvalue weighted by Gasteiger charge is 2.25. The van der Waals surface area contributed by atoms with Gasteiger partial charge >= 0.3 is 0 Å². The number of aromatic nitrogens is 4. The molecular weight excluding hydrogens is 432 g/mol. The van der Waals surface area contributed by atoms with Crippen LogP contribution in [0.3, 0.4) is 0 Å². The summed E-state index contributed by atoms with van der Waals surface area (Å²) in [4.78, 5) is 36.4. The minimum Gasteiger partial charge on any atom is -0.376 e. The van der Waals surface area contributed by atoms with E-state index in [1.165, 1.54) is 6.33 Å². The number of nitrogens with one attached hydrogen (secondary N) is 1. The van der Waals surface area contributed by atoms with Gasteiger partial charge in [0.15, 0.2) is 0 Å². The molecule has 1 unspecified atom stereocenters. The van der Waals surface area contributed by atoms with Gasteiger partial charge in [-0.05, 0) is 69.7 Å². The molecule has 34 heavy (non-hydrogen) atoms. The fraction of sp³-hybridized carbons (Fsp3) is 0.480. The average molecular weight is 465 g/mol. The molecule has 1 aromatic carbocycles. The first-order chi connectivity index (χ1) is 16.3. The van der Waals surface area contributed by atoms with Crippen molar-refractivity contribution in [3.05, 3.63) is 52.6 Å². The molecule has 180 valence electrons. The van der Waals surface area contributed by atoms with Crippen LogP contribution in [0.1, 0.15) is 47.3 Å². The van der Waals surface area contributed by atoms with Crippen molar-refractivity contribution < 1.29 is 14.3 Å². The molecule has 2 amide bonds. The normalized spacial score (nSPS) is 15.6. The number of aryl methyl sites for hydroxylation is 3. The number of rotatable bonds is 8. The summed E-state index contributed by atoms with van der Waals surface area (Å²) in [5, 5.41) is 7.19. The number of hydrogen-bond donors (Lipinski definition) is 1. The third kappa shape index (κ3) is 5.25. The summed E-state index contributed by atoms with van der Waals surface area (Å²) in [7, 11) is 0. The number of carbonyl (C=O) groups is 2. The number of carbonyl (C=O) groups excluding carboxylic acids is 2. The number of benzene rings is 1. The zero-order chi connectivity index (χ0) is 24.2. The van der Waals surface area contributed by atoms with Crippen molar-refractivity contribution in [2.45, 2.75) is 59.5 Å². The van der Waals surface area contributed by atoms with Gasteiger partial charge in [-0.2, -0.15) is 10.1 Å². The number of anilines is 1. The first-order valence-electron chi connectivity index (χ1n) is 11.7. The van der Waals surface area contributed by atoms with Gasteiger partial charge in [0.05, 0.1) is 12.6 Å². The van der Waals surface area contributed by atoms with Gasteiger partial charge in [0.25, 0.3) is 5.78 Å². The summed E-state index contributed by atoms with van der Waals surface area (Å²) in [5.74, 6) is 0.260. The van der Waals surface area contributed by atoms with Crippen molar-refractivity contribution in [1.29, 1.82) is 0 Å². The molecule has 1 fully saturated rings. The van der Waals surface area contributed by atoms with E-state index in [0.717, 1.165) is 46.6 Å². The van der Waals surface area contributed by atoms with E-state index in [4.69, 9.17) is 4.74 Å². The Balaban J connectivity index is 1.46. The van der Waals surface area contributed by atoms with Gasteiger partial charge in [0.2, 0.25) is 11.8 Å². The smallest absolute Gasteiger partial charge is 0.252 e. The number of nitrogens with zero attached hydrogens (tertiary/aromatic N) is 5. The van der Waals surface area contributed by atoms with Gasteiger partial charge in [-0.25, -0.2) is 9.50 Å². The van der Waals surface area contributed by atoms with Crippen LogP contribution >= 0.6 is 0 Å². The summed E-state index contributed by atoms with van der Waals surface area (Å²) >= 11 is 0. The molecule has 0 radical (unpaired) electrons. The Morgan fingerprint density at radius 3 is 2.82 bits per heavy atom. The van der Waals surface area contributed by atoms with Crippen LogP contribution in [0, 0.1) is 27.7 Å². The lowest BCUT2D eigenvalue weighted by molar-refractivity contribution is -0.136. The molecule has 4 rings (SSSR count). The van der Waals surface area contributed by atoms with Gasteiger partial charge < -0.3 is 15.0 Å². The predicted octanol–water partition coefficient (Wildman–Crippen LogP) is 2.94. The Labute approximate surface area is 199 Å². The molecule has 9 heteroatoms. The van der Waals surface area contributed by atoms with Gasteiger partial charge in [-0.3, -0.25) is 9.59 Å². The second-order valence-electron chi connectivity index (χ2n) is 8.94. The lowest BCUT2D eigenvalue weighted by atomic mass is 10.1. The second kappa shape index (κ2) is 10.3. The van der Waals surface area contributed by atoms with Crippen LogP contribution in [-0.2, 0) is 20.7 Å². The SMILES string of the molecule is Cc1cccc(NC(=O)CN(CC2CCCO2)C(=O)CCc2c(C)nc3ncnn3c2C)c1C. The minimum atomic E-state index is -0.210. The van der Waals surface area contributed by atoms with E-state index >= 15 is 0 Å². The summed E-state index contributed by atoms with van der Waals surface area (Å²) in [6, 6.07) is 5.80. The molecule has 3 heterocycles. The zero-order valence-electron chi connectivity index (χ0n) is 20.3. The summed E-state index contributed by atoms with van der Waals surface area (Å²) < 4.78 is 7.44. The maximum absolute atomic E-state index is 13.3. The quantitative estimate of drug-likeness (QED) is 0.550. The first kappa shape index (κ1) is 23.8. The van der Waals surface area contributed by atoms with Crippen molar-refractivity contribution in [3.63, 3.8) is 0 Å². The first-order valence-corrected chi connectivity index (χ1v) is 11.7. The van der Waals surface area contributed by atoms with Gasteiger partial charge in [-0.1, -0.05) is 12.1 Å². The summed E-state index contributed by atoms with van der Waals surface area (Å²) in [5.41, 5.74) is 5.63. The van der Waals surface area contributed by atoms with Gasteiger partial charge in [0.1, 0.15) is 6.33 Å². The monoisotopic (exact) mass is 464 g/mol. The molecule has 1 aliphatic rings. The van der Waals surface area contributed by atoms with E-state index in [2.05, 4.69) is 20.4 Å². The van der Waals surface area contributed by atoms with Crippen molar-refractivity contribution >= 4 is 23.3 Å². The van der Waals surface area contributed by atoms with Crippen molar-refractivity contribution in [1.82, 2.24) is 24.5 Å². The molecule has 9 nitrogen and oxygen atoms in total. The minimum absolute atomic E-state index is 0.00952. The van der Waals surface area contributed by atoms with Crippen LogP contribution < -0.4 is 5.32 Å². The number of hydrogen-bond acceptors (Lipinski definition) is 6. The Hall–Kier alpha value is -3.33. The van der Waals surface area contributed by atoms with E-state index in [9.17, 15) is 9.59 Å². The fourth-order valence-electron chi connectivity index (χ4n) is 4.45. The van der Waals surface area contributed by atoms with Crippen molar-refractivity contribution in [2.24, 2.45) is 0 Å². The Bertz CT molecular complexity index is 1200. The van der Waals surface area contributed by atoms with Crippen molar-refractivity contribution in [2.75, 3.05) is 25.0 Å². The van der Waals surface area contributed by atoms with Crippen LogP contribution in [0.4, 0.5) is 5.69 Å². The Kier molecular flexibility index (Phi) is 7.21. The maximum Gasteiger partial charge on any atom is 0.252 e. The molecule has 1 saturated heterocycles. The largest absolute Gasteiger partial charge is 0.376 e. The van der Waals surface area contributed by atoms with Crippen LogP contribution in [0.15, 0.2) is 24.5 Å². The van der Waals surface area contributed by atoms with Gasteiger partial charge in [-0.15, -0.1) is 0 Å². The zero-order valence-corrected chi connectivity index (χ0v) is 20.3. The number of ether oxygens (including phenoxy) is 1. The van der Waals surface area contributed by atoms with E-state index in [-0.39, 0.29) is 30.9 Å². The van der Waals surface area contributed by atoms with E-state index in [1.54, 1.807) is 9.42 Å². The molecule has 2 aromatic heterocycles. The van der Waals surface area contributed by atoms with E-state index in [0.29, 0.717) is 25.4 Å². The standard InChI is InChI=1S/C25H32N6O3/c1-16-7-5-9-22(17(16)2)29-23(32)14-30(13-20-8-6-12-34-20)24(33)11-10-21-18(3)28-25-26-15-27-31(25)19(21)4/h5,7,9,15,20H,6,8,10-14H2,1-4H3,(H,29,32). The molecule has 1 atom stereocenters. The fourth-order valence-corrected chi connectivity index (χ4v) is 4.45. The highest BCUT2D eigenvalue weighted by atomic mass is 16.5. The van der Waals surface area contributed by atoms with Crippen LogP contribution in [0.2, 0.25) is 0 Å². The molecule has 0 saturated carbocycles.